The molecule has 2 N–H and O–H groups in total. The quantitative estimate of drug-likeness (QED) is 0.435. The van der Waals surface area contributed by atoms with Gasteiger partial charge in [0.2, 0.25) is 11.8 Å². The van der Waals surface area contributed by atoms with Gasteiger partial charge in [0.1, 0.15) is 0 Å². The van der Waals surface area contributed by atoms with Crippen molar-refractivity contribution in [2.75, 3.05) is 66.5 Å². The van der Waals surface area contributed by atoms with Gasteiger partial charge in [-0.1, -0.05) is 25.7 Å². The van der Waals surface area contributed by atoms with Crippen LogP contribution < -0.4 is 10.6 Å². The number of carbonyl (C=O) groups is 2. The molecule has 3 aliphatic rings. The normalized spacial score (nSPS) is 22.2. The van der Waals surface area contributed by atoms with E-state index < -0.39 is 0 Å². The first kappa shape index (κ1) is 24.8. The van der Waals surface area contributed by atoms with Crippen LogP contribution in [0.5, 0.6) is 0 Å². The first-order valence-corrected chi connectivity index (χ1v) is 12.7. The van der Waals surface area contributed by atoms with Crippen molar-refractivity contribution in [2.45, 2.75) is 58.3 Å². The highest BCUT2D eigenvalue weighted by Gasteiger charge is 2.42. The Kier molecular flexibility index (Phi) is 9.20. The number of guanidine groups is 1. The van der Waals surface area contributed by atoms with Gasteiger partial charge in [0.25, 0.3) is 0 Å². The van der Waals surface area contributed by atoms with Crippen molar-refractivity contribution in [1.29, 1.82) is 0 Å². The molecule has 32 heavy (non-hydrogen) atoms. The highest BCUT2D eigenvalue weighted by atomic mass is 16.2. The molecule has 8 heteroatoms. The zero-order valence-electron chi connectivity index (χ0n) is 20.5. The third-order valence-electron chi connectivity index (χ3n) is 7.41. The van der Waals surface area contributed by atoms with Crippen LogP contribution in [0.4, 0.5) is 0 Å². The lowest BCUT2D eigenvalue weighted by Gasteiger charge is -2.36. The zero-order valence-corrected chi connectivity index (χ0v) is 20.5. The maximum absolute atomic E-state index is 12.8. The van der Waals surface area contributed by atoms with Gasteiger partial charge < -0.3 is 20.4 Å². The van der Waals surface area contributed by atoms with E-state index in [2.05, 4.69) is 27.4 Å². The van der Waals surface area contributed by atoms with E-state index in [0.29, 0.717) is 12.5 Å². The topological polar surface area (TPSA) is 80.3 Å². The second kappa shape index (κ2) is 11.9. The van der Waals surface area contributed by atoms with E-state index in [1.54, 1.807) is 4.90 Å². The molecule has 0 atom stereocenters. The highest BCUT2D eigenvalue weighted by molar-refractivity contribution is 5.84. The second-order valence-corrected chi connectivity index (χ2v) is 9.96. The molecular weight excluding hydrogens is 404 g/mol. The molecule has 8 nitrogen and oxygen atoms in total. The summed E-state index contributed by atoms with van der Waals surface area (Å²) >= 11 is 0. The molecule has 0 bridgehead atoms. The van der Waals surface area contributed by atoms with Crippen molar-refractivity contribution in [1.82, 2.24) is 25.3 Å². The number of carbonyl (C=O) groups excluding carboxylic acids is 2. The summed E-state index contributed by atoms with van der Waals surface area (Å²) in [6.07, 6.45) is 8.65. The molecule has 1 heterocycles. The minimum absolute atomic E-state index is 0.208. The third-order valence-corrected chi connectivity index (χ3v) is 7.41. The van der Waals surface area contributed by atoms with Gasteiger partial charge >= 0.3 is 0 Å². The van der Waals surface area contributed by atoms with Crippen LogP contribution in [0.15, 0.2) is 4.99 Å². The van der Waals surface area contributed by atoms with Gasteiger partial charge in [-0.25, -0.2) is 0 Å². The van der Waals surface area contributed by atoms with E-state index in [1.165, 1.54) is 12.8 Å². The van der Waals surface area contributed by atoms with Gasteiger partial charge in [-0.2, -0.15) is 0 Å². The van der Waals surface area contributed by atoms with Gasteiger partial charge in [-0.05, 0) is 32.6 Å². The highest BCUT2D eigenvalue weighted by Crippen LogP contribution is 2.39. The summed E-state index contributed by atoms with van der Waals surface area (Å²) in [5, 5.41) is 6.77. The minimum Gasteiger partial charge on any atom is -0.357 e. The molecule has 0 unspecified atom stereocenters. The van der Waals surface area contributed by atoms with Crippen molar-refractivity contribution in [3.05, 3.63) is 0 Å². The molecule has 2 saturated carbocycles. The number of hydrogen-bond donors (Lipinski definition) is 2. The van der Waals surface area contributed by atoms with Crippen molar-refractivity contribution in [3.8, 4) is 0 Å². The van der Waals surface area contributed by atoms with E-state index >= 15 is 0 Å². The fraction of sp³-hybridized carbons (Fsp3) is 0.875. The maximum atomic E-state index is 12.8. The van der Waals surface area contributed by atoms with Gasteiger partial charge in [0, 0.05) is 65.8 Å². The third kappa shape index (κ3) is 6.36. The molecule has 2 aliphatic carbocycles. The van der Waals surface area contributed by atoms with Crippen LogP contribution in [-0.2, 0) is 9.59 Å². The van der Waals surface area contributed by atoms with Crippen LogP contribution in [0.1, 0.15) is 58.3 Å². The molecule has 182 valence electrons. The summed E-state index contributed by atoms with van der Waals surface area (Å²) in [5.74, 6) is 1.67. The first-order valence-electron chi connectivity index (χ1n) is 12.7. The summed E-state index contributed by atoms with van der Waals surface area (Å²) in [7, 11) is 3.69. The fourth-order valence-electron chi connectivity index (χ4n) is 5.49. The minimum atomic E-state index is -0.339. The molecule has 2 amide bonds. The molecular formula is C24H44N6O2. The molecule has 1 saturated heterocycles. The van der Waals surface area contributed by atoms with E-state index in [1.807, 2.05) is 14.1 Å². The Morgan fingerprint density at radius 2 is 1.66 bits per heavy atom. The Labute approximate surface area is 194 Å². The standard InChI is InChI=1S/C24H44N6O2/c1-4-25-23(27-19-24(11-7-8-12-24)22(32)28(2)3)26-13-14-29-15-17-30(18-16-29)21(31)20-9-5-6-10-20/h20H,4-19H2,1-3H3,(H2,25,26,27). The van der Waals surface area contributed by atoms with Gasteiger partial charge in [0.05, 0.1) is 12.0 Å². The molecule has 1 aliphatic heterocycles. The Hall–Kier alpha value is -1.83. The van der Waals surface area contributed by atoms with Crippen LogP contribution in [0.25, 0.3) is 0 Å². The molecule has 3 rings (SSSR count). The predicted molar refractivity (Wildman–Crippen MR) is 129 cm³/mol. The van der Waals surface area contributed by atoms with Crippen LogP contribution in [0, 0.1) is 11.3 Å². The number of hydrogen-bond acceptors (Lipinski definition) is 4. The number of nitrogens with one attached hydrogen (secondary N) is 2. The second-order valence-electron chi connectivity index (χ2n) is 9.96. The van der Waals surface area contributed by atoms with E-state index in [0.717, 1.165) is 90.3 Å². The number of nitrogens with zero attached hydrogens (tertiary/aromatic N) is 4. The Balaban J connectivity index is 1.43. The zero-order chi connectivity index (χ0) is 23.0. The SMILES string of the molecule is CCNC(=NCC1(C(=O)N(C)C)CCCC1)NCCN1CCN(C(=O)C2CCCC2)CC1. The van der Waals surface area contributed by atoms with Crippen LogP contribution >= 0.6 is 0 Å². The lowest BCUT2D eigenvalue weighted by atomic mass is 9.85. The van der Waals surface area contributed by atoms with Crippen LogP contribution in [0.2, 0.25) is 0 Å². The van der Waals surface area contributed by atoms with E-state index in [4.69, 9.17) is 4.99 Å². The molecule has 0 spiro atoms. The monoisotopic (exact) mass is 448 g/mol. The lowest BCUT2D eigenvalue weighted by Crippen LogP contribution is -2.52. The molecule has 3 fully saturated rings. The largest absolute Gasteiger partial charge is 0.357 e. The van der Waals surface area contributed by atoms with Crippen molar-refractivity contribution in [2.24, 2.45) is 16.3 Å². The Bertz CT molecular complexity index is 645. The van der Waals surface area contributed by atoms with Gasteiger partial charge in [0.15, 0.2) is 5.96 Å². The van der Waals surface area contributed by atoms with Crippen molar-refractivity contribution >= 4 is 17.8 Å². The van der Waals surface area contributed by atoms with Crippen molar-refractivity contribution in [3.63, 3.8) is 0 Å². The summed E-state index contributed by atoms with van der Waals surface area (Å²) < 4.78 is 0. The summed E-state index contributed by atoms with van der Waals surface area (Å²) in [6.45, 7) is 8.70. The molecule has 0 radical (unpaired) electrons. The number of amides is 2. The first-order chi connectivity index (χ1) is 15.4. The summed E-state index contributed by atoms with van der Waals surface area (Å²) in [4.78, 5) is 36.4. The summed E-state index contributed by atoms with van der Waals surface area (Å²) in [5.41, 5.74) is -0.339. The van der Waals surface area contributed by atoms with E-state index in [9.17, 15) is 9.59 Å². The predicted octanol–water partition coefficient (Wildman–Crippen LogP) is 1.52. The number of aliphatic imine (C=N–C) groups is 1. The lowest BCUT2D eigenvalue weighted by molar-refractivity contribution is -0.138. The molecule has 0 aromatic heterocycles. The van der Waals surface area contributed by atoms with Gasteiger partial charge in [-0.15, -0.1) is 0 Å². The molecule has 0 aromatic carbocycles. The molecule has 0 aromatic rings. The summed E-state index contributed by atoms with van der Waals surface area (Å²) in [6, 6.07) is 0. The van der Waals surface area contributed by atoms with Crippen molar-refractivity contribution < 1.29 is 9.59 Å². The average Bonchev–Trinajstić information content (AvgIpc) is 3.50. The number of rotatable bonds is 8. The average molecular weight is 449 g/mol. The van der Waals surface area contributed by atoms with Crippen LogP contribution in [-0.4, -0.2) is 98.9 Å². The number of piperazine rings is 1. The van der Waals surface area contributed by atoms with E-state index in [-0.39, 0.29) is 17.2 Å². The smallest absolute Gasteiger partial charge is 0.230 e. The van der Waals surface area contributed by atoms with Gasteiger partial charge in [-0.3, -0.25) is 19.5 Å². The fourth-order valence-corrected chi connectivity index (χ4v) is 5.49. The Morgan fingerprint density at radius 1 is 1.00 bits per heavy atom. The maximum Gasteiger partial charge on any atom is 0.230 e. The Morgan fingerprint density at radius 3 is 2.25 bits per heavy atom. The van der Waals surface area contributed by atoms with Crippen LogP contribution in [0.3, 0.4) is 0 Å².